The summed E-state index contributed by atoms with van der Waals surface area (Å²) < 4.78 is 14.1. The summed E-state index contributed by atoms with van der Waals surface area (Å²) in [4.78, 5) is 8.79. The van der Waals surface area contributed by atoms with E-state index in [1.807, 2.05) is 26.8 Å². The van der Waals surface area contributed by atoms with Gasteiger partial charge in [-0.2, -0.15) is 0 Å². The quantitative estimate of drug-likeness (QED) is 0.765. The van der Waals surface area contributed by atoms with Gasteiger partial charge in [-0.05, 0) is 52.7 Å². The number of aryl methyl sites for hydroxylation is 1. The van der Waals surface area contributed by atoms with E-state index < -0.39 is 0 Å². The first-order chi connectivity index (χ1) is 8.45. The van der Waals surface area contributed by atoms with Gasteiger partial charge in [0.05, 0.1) is 5.69 Å². The lowest BCUT2D eigenvalue weighted by Crippen LogP contribution is -1.99. The van der Waals surface area contributed by atoms with Gasteiger partial charge in [-0.25, -0.2) is 14.4 Å². The van der Waals surface area contributed by atoms with Crippen LogP contribution in [-0.2, 0) is 0 Å². The van der Waals surface area contributed by atoms with Crippen LogP contribution in [0.4, 0.5) is 4.39 Å². The molecule has 0 saturated heterocycles. The van der Waals surface area contributed by atoms with Crippen LogP contribution >= 0.6 is 15.9 Å². The summed E-state index contributed by atoms with van der Waals surface area (Å²) in [6.45, 7) is 5.93. The van der Waals surface area contributed by atoms with Gasteiger partial charge in [0.25, 0.3) is 0 Å². The van der Waals surface area contributed by atoms with Crippen LogP contribution in [0.1, 0.15) is 31.2 Å². The third-order valence-corrected chi connectivity index (χ3v) is 2.97. The first kappa shape index (κ1) is 13.1. The Bertz CT molecular complexity index is 562. The predicted molar refractivity (Wildman–Crippen MR) is 74.0 cm³/mol. The molecule has 2 nitrogen and oxygen atoms in total. The second-order valence-corrected chi connectivity index (χ2v) is 5.42. The van der Waals surface area contributed by atoms with Gasteiger partial charge in [0, 0.05) is 11.5 Å². The molecule has 0 spiro atoms. The number of halogens is 2. The van der Waals surface area contributed by atoms with Crippen LogP contribution in [0, 0.1) is 12.7 Å². The van der Waals surface area contributed by atoms with Crippen molar-refractivity contribution in [3.8, 4) is 11.3 Å². The molecule has 0 fully saturated rings. The second-order valence-electron chi connectivity index (χ2n) is 4.61. The lowest BCUT2D eigenvalue weighted by atomic mass is 10.1. The summed E-state index contributed by atoms with van der Waals surface area (Å²) in [6, 6.07) is 6.72. The number of rotatable bonds is 2. The van der Waals surface area contributed by atoms with Gasteiger partial charge in [-0.1, -0.05) is 13.8 Å². The molecule has 2 aromatic rings. The number of nitrogens with zero attached hydrogens (tertiary/aromatic N) is 2. The average molecular weight is 309 g/mol. The van der Waals surface area contributed by atoms with Crippen molar-refractivity contribution in [3.05, 3.63) is 46.1 Å². The standard InChI is InChI=1S/C14H14BrFN2/c1-8(2)14-17-12(7-13(15)18-14)10-4-9(3)5-11(16)6-10/h4-8H,1-3H3. The molecule has 0 unspecified atom stereocenters. The molecule has 0 radical (unpaired) electrons. The molecule has 4 heteroatoms. The lowest BCUT2D eigenvalue weighted by molar-refractivity contribution is 0.627. The fourth-order valence-corrected chi connectivity index (χ4v) is 2.12. The predicted octanol–water partition coefficient (Wildman–Crippen LogP) is 4.48. The van der Waals surface area contributed by atoms with Crippen molar-refractivity contribution in [2.24, 2.45) is 0 Å². The van der Waals surface area contributed by atoms with Gasteiger partial charge >= 0.3 is 0 Å². The van der Waals surface area contributed by atoms with Gasteiger partial charge in [0.1, 0.15) is 16.2 Å². The molecule has 2 rings (SSSR count). The fraction of sp³-hybridized carbons (Fsp3) is 0.286. The molecule has 0 saturated carbocycles. The molecule has 0 aliphatic heterocycles. The zero-order valence-electron chi connectivity index (χ0n) is 10.5. The van der Waals surface area contributed by atoms with Gasteiger partial charge in [0.2, 0.25) is 0 Å². The molecular weight excluding hydrogens is 295 g/mol. The van der Waals surface area contributed by atoms with E-state index in [4.69, 9.17) is 0 Å². The lowest BCUT2D eigenvalue weighted by Gasteiger charge is -2.08. The molecule has 1 aromatic heterocycles. The molecule has 0 N–H and O–H groups in total. The summed E-state index contributed by atoms with van der Waals surface area (Å²) in [5.41, 5.74) is 2.39. The molecule has 0 atom stereocenters. The molecule has 18 heavy (non-hydrogen) atoms. The number of aromatic nitrogens is 2. The van der Waals surface area contributed by atoms with Crippen LogP contribution in [0.5, 0.6) is 0 Å². The van der Waals surface area contributed by atoms with E-state index in [-0.39, 0.29) is 11.7 Å². The van der Waals surface area contributed by atoms with Crippen LogP contribution in [0.25, 0.3) is 11.3 Å². The van der Waals surface area contributed by atoms with E-state index in [0.717, 1.165) is 27.2 Å². The van der Waals surface area contributed by atoms with Crippen LogP contribution in [-0.4, -0.2) is 9.97 Å². The van der Waals surface area contributed by atoms with Crippen molar-refractivity contribution in [1.29, 1.82) is 0 Å². The average Bonchev–Trinajstić information content (AvgIpc) is 2.26. The summed E-state index contributed by atoms with van der Waals surface area (Å²) in [6.07, 6.45) is 0. The zero-order chi connectivity index (χ0) is 13.3. The number of hydrogen-bond acceptors (Lipinski definition) is 2. The Labute approximate surface area is 114 Å². The zero-order valence-corrected chi connectivity index (χ0v) is 12.1. The van der Waals surface area contributed by atoms with E-state index in [1.54, 1.807) is 6.07 Å². The third-order valence-electron chi connectivity index (χ3n) is 2.57. The molecule has 1 aromatic carbocycles. The van der Waals surface area contributed by atoms with Gasteiger partial charge < -0.3 is 0 Å². The van der Waals surface area contributed by atoms with Crippen molar-refractivity contribution < 1.29 is 4.39 Å². The summed E-state index contributed by atoms with van der Waals surface area (Å²) in [7, 11) is 0. The fourth-order valence-electron chi connectivity index (χ4n) is 1.73. The Kier molecular flexibility index (Phi) is 3.76. The topological polar surface area (TPSA) is 25.8 Å². The van der Waals surface area contributed by atoms with Crippen LogP contribution in [0.3, 0.4) is 0 Å². The minimum absolute atomic E-state index is 0.232. The van der Waals surface area contributed by atoms with Gasteiger partial charge in [-0.15, -0.1) is 0 Å². The Balaban J connectivity index is 2.56. The van der Waals surface area contributed by atoms with Crippen LogP contribution in [0.15, 0.2) is 28.9 Å². The highest BCUT2D eigenvalue weighted by molar-refractivity contribution is 9.10. The molecule has 0 aliphatic rings. The highest BCUT2D eigenvalue weighted by Crippen LogP contribution is 2.24. The van der Waals surface area contributed by atoms with E-state index in [0.29, 0.717) is 0 Å². The first-order valence-corrected chi connectivity index (χ1v) is 6.57. The minimum atomic E-state index is -0.245. The molecular formula is C14H14BrFN2. The highest BCUT2D eigenvalue weighted by Gasteiger charge is 2.09. The van der Waals surface area contributed by atoms with Crippen molar-refractivity contribution in [2.75, 3.05) is 0 Å². The van der Waals surface area contributed by atoms with Crippen molar-refractivity contribution >= 4 is 15.9 Å². The smallest absolute Gasteiger partial charge is 0.132 e. The largest absolute Gasteiger partial charge is 0.233 e. The summed E-state index contributed by atoms with van der Waals surface area (Å²) in [5.74, 6) is 0.739. The van der Waals surface area contributed by atoms with Crippen molar-refractivity contribution in [1.82, 2.24) is 9.97 Å². The number of benzene rings is 1. The van der Waals surface area contributed by atoms with Crippen LogP contribution < -0.4 is 0 Å². The monoisotopic (exact) mass is 308 g/mol. The Morgan fingerprint density at radius 2 is 1.83 bits per heavy atom. The third kappa shape index (κ3) is 2.93. The summed E-state index contributed by atoms with van der Waals surface area (Å²) >= 11 is 3.37. The summed E-state index contributed by atoms with van der Waals surface area (Å²) in [5, 5.41) is 0. The molecule has 0 aliphatic carbocycles. The van der Waals surface area contributed by atoms with E-state index >= 15 is 0 Å². The van der Waals surface area contributed by atoms with Gasteiger partial charge in [0.15, 0.2) is 0 Å². The SMILES string of the molecule is Cc1cc(F)cc(-c2cc(Br)nc(C(C)C)n2)c1. The van der Waals surface area contributed by atoms with E-state index in [9.17, 15) is 4.39 Å². The van der Waals surface area contributed by atoms with Crippen LogP contribution in [0.2, 0.25) is 0 Å². The van der Waals surface area contributed by atoms with E-state index in [2.05, 4.69) is 25.9 Å². The molecule has 1 heterocycles. The Morgan fingerprint density at radius 3 is 2.44 bits per heavy atom. The van der Waals surface area contributed by atoms with Crippen molar-refractivity contribution in [2.45, 2.75) is 26.7 Å². The highest BCUT2D eigenvalue weighted by atomic mass is 79.9. The molecule has 0 bridgehead atoms. The molecule has 0 amide bonds. The van der Waals surface area contributed by atoms with Crippen molar-refractivity contribution in [3.63, 3.8) is 0 Å². The maximum Gasteiger partial charge on any atom is 0.132 e. The Morgan fingerprint density at radius 1 is 1.11 bits per heavy atom. The normalized spacial score (nSPS) is 11.0. The van der Waals surface area contributed by atoms with E-state index in [1.165, 1.54) is 12.1 Å². The second kappa shape index (κ2) is 5.14. The molecule has 94 valence electrons. The minimum Gasteiger partial charge on any atom is -0.233 e. The maximum absolute atomic E-state index is 13.4. The first-order valence-electron chi connectivity index (χ1n) is 5.78. The number of hydrogen-bond donors (Lipinski definition) is 0. The maximum atomic E-state index is 13.4. The van der Waals surface area contributed by atoms with Gasteiger partial charge in [-0.3, -0.25) is 0 Å². The Hall–Kier alpha value is -1.29.